The lowest BCUT2D eigenvalue weighted by atomic mass is 11.0. The third-order valence-corrected chi connectivity index (χ3v) is 1.81. The number of hydrogen-bond donors (Lipinski definition) is 0. The first kappa shape index (κ1) is 3.17. The Hall–Kier alpha value is -0.0900. The molecule has 0 unspecified atom stereocenters. The van der Waals surface area contributed by atoms with Crippen molar-refractivity contribution in [1.82, 2.24) is 4.98 Å². The van der Waals surface area contributed by atoms with Gasteiger partial charge >= 0.3 is 0 Å². The van der Waals surface area contributed by atoms with Crippen molar-refractivity contribution in [2.24, 2.45) is 0 Å². The zero-order chi connectivity index (χ0) is 8.43. The summed E-state index contributed by atoms with van der Waals surface area (Å²) in [6, 6.07) is 0. The predicted octanol–water partition coefficient (Wildman–Crippen LogP) is 1.91. The summed E-state index contributed by atoms with van der Waals surface area (Å²) in [6.07, 6.45) is 0. The number of aromatic nitrogens is 1. The minimum atomic E-state index is -1.38. The first-order chi connectivity index (χ1) is 5.09. The highest BCUT2D eigenvalue weighted by atomic mass is 79.9. The topological polar surface area (TPSA) is 22.1 Å². The number of thiazole rings is 1. The first-order valence-corrected chi connectivity index (χ1v) is 3.34. The second-order valence-electron chi connectivity index (χ2n) is 0.990. The predicted molar refractivity (Wildman–Crippen MR) is 36.4 cm³/mol. The van der Waals surface area contributed by atoms with E-state index in [1.54, 1.807) is 0 Å². The van der Waals surface area contributed by atoms with Gasteiger partial charge in [0.05, 0.1) is 11.2 Å². The molecular weight excluding hydrogens is 190 g/mol. The summed E-state index contributed by atoms with van der Waals surface area (Å²) >= 11 is 4.00. The molecule has 0 saturated carbocycles. The Kier molecular flexibility index (Phi) is 0.975. The van der Waals surface area contributed by atoms with Crippen LogP contribution in [0, 0.1) is 0 Å². The van der Waals surface area contributed by atoms with E-state index in [2.05, 4.69) is 25.7 Å². The second kappa shape index (κ2) is 2.46. The molecule has 0 fully saturated rings. The molecule has 1 heterocycles. The summed E-state index contributed by atoms with van der Waals surface area (Å²) < 4.78 is 25.6. The second-order valence-corrected chi connectivity index (χ2v) is 2.50. The summed E-state index contributed by atoms with van der Waals surface area (Å²) in [5.74, 6) is 0. The summed E-state index contributed by atoms with van der Waals surface area (Å²) in [5.41, 5.74) is 0. The van der Waals surface area contributed by atoms with Gasteiger partial charge in [-0.25, -0.2) is 0 Å². The molecule has 0 aliphatic carbocycles. The summed E-state index contributed by atoms with van der Waals surface area (Å²) in [4.78, 5) is 3.74. The fourth-order valence-electron chi connectivity index (χ4n) is 0.262. The molecule has 1 aromatic rings. The molecule has 1 rings (SSSR count). The number of ether oxygens (including phenoxy) is 1. The Labute approximate surface area is 63.9 Å². The Morgan fingerprint density at radius 2 is 3.12 bits per heavy atom. The van der Waals surface area contributed by atoms with Gasteiger partial charge in [-0.1, -0.05) is 11.3 Å². The largest absolute Gasteiger partial charge is 0.473 e. The maximum absolute atomic E-state index is 7.19. The highest BCUT2D eigenvalue weighted by Crippen LogP contribution is 2.20. The molecular formula is C4H4BrNOS. The average molecular weight is 197 g/mol. The number of nitrogens with zero attached hydrogens (tertiary/aromatic N) is 1. The molecule has 2 nitrogen and oxygen atoms in total. The average Bonchev–Trinajstić information content (AvgIpc) is 2.10. The number of halogens is 1. The number of methoxy groups -OCH3 is 1. The van der Waals surface area contributed by atoms with E-state index in [9.17, 15) is 0 Å². The Balaban J connectivity index is 2.73. The fourth-order valence-corrected chi connectivity index (χ4v) is 1.19. The minimum Gasteiger partial charge on any atom is -0.473 e. The lowest BCUT2D eigenvalue weighted by molar-refractivity contribution is 0.411. The van der Waals surface area contributed by atoms with Gasteiger partial charge in [0.2, 0.25) is 0 Å². The maximum atomic E-state index is 7.19. The third kappa shape index (κ3) is 1.20. The van der Waals surface area contributed by atoms with E-state index in [1.165, 1.54) is 0 Å². The van der Waals surface area contributed by atoms with Gasteiger partial charge in [0.25, 0.3) is 5.19 Å². The van der Waals surface area contributed by atoms with Crippen molar-refractivity contribution in [3.05, 3.63) is 9.96 Å². The van der Waals surface area contributed by atoms with Crippen LogP contribution in [0.3, 0.4) is 0 Å². The molecule has 0 aliphatic heterocycles. The van der Waals surface area contributed by atoms with Crippen LogP contribution in [0.15, 0.2) is 9.96 Å². The molecule has 0 amide bonds. The highest BCUT2D eigenvalue weighted by molar-refractivity contribution is 9.10. The van der Waals surface area contributed by atoms with Crippen molar-refractivity contribution < 1.29 is 8.85 Å². The van der Waals surface area contributed by atoms with Gasteiger partial charge in [0, 0.05) is 5.36 Å². The van der Waals surface area contributed by atoms with Crippen LogP contribution in [0.25, 0.3) is 0 Å². The van der Waals surface area contributed by atoms with Crippen LogP contribution in [0.1, 0.15) is 4.11 Å². The van der Waals surface area contributed by atoms with Gasteiger partial charge in [-0.2, -0.15) is 4.98 Å². The van der Waals surface area contributed by atoms with Crippen molar-refractivity contribution in [2.75, 3.05) is 7.06 Å². The van der Waals surface area contributed by atoms with E-state index in [-0.39, 0.29) is 10.5 Å². The van der Waals surface area contributed by atoms with Crippen molar-refractivity contribution in [3.63, 3.8) is 0 Å². The molecule has 0 radical (unpaired) electrons. The summed E-state index contributed by atoms with van der Waals surface area (Å²) in [5, 5.41) is 0.414. The van der Waals surface area contributed by atoms with Gasteiger partial charge < -0.3 is 4.74 Å². The molecule has 0 atom stereocenters. The molecule has 44 valence electrons. The summed E-state index contributed by atoms with van der Waals surface area (Å²) in [7, 11) is -1.38. The molecule has 0 bridgehead atoms. The van der Waals surface area contributed by atoms with Crippen LogP contribution >= 0.6 is 27.3 Å². The monoisotopic (exact) mass is 196 g/mol. The summed E-state index contributed by atoms with van der Waals surface area (Å²) in [6.45, 7) is 0. The quantitative estimate of drug-likeness (QED) is 0.686. The molecule has 0 saturated heterocycles. The lowest BCUT2D eigenvalue weighted by Gasteiger charge is -1.84. The van der Waals surface area contributed by atoms with Gasteiger partial charge in [-0.3, -0.25) is 0 Å². The van der Waals surface area contributed by atoms with E-state index in [4.69, 9.17) is 4.11 Å². The zero-order valence-corrected chi connectivity index (χ0v) is 6.12. The standard InChI is InChI=1S/C4H4BrNOS/c1-7-4-6-3(5)2-8-4/h2H,1H3/i1D2,2D. The van der Waals surface area contributed by atoms with Crippen LogP contribution in [-0.4, -0.2) is 12.0 Å². The van der Waals surface area contributed by atoms with Gasteiger partial charge in [-0.05, 0) is 15.9 Å². The smallest absolute Gasteiger partial charge is 0.273 e. The molecule has 8 heavy (non-hydrogen) atoms. The molecule has 4 heteroatoms. The molecule has 0 spiro atoms. The van der Waals surface area contributed by atoms with Gasteiger partial charge in [0.1, 0.15) is 4.60 Å². The van der Waals surface area contributed by atoms with Crippen LogP contribution in [-0.2, 0) is 0 Å². The SMILES string of the molecule is [2H]c1sc(OC([2H])[2H])nc1Br. The Morgan fingerprint density at radius 3 is 3.62 bits per heavy atom. The van der Waals surface area contributed by atoms with Crippen molar-refractivity contribution in [1.29, 1.82) is 0 Å². The third-order valence-electron chi connectivity index (χ3n) is 0.513. The first-order valence-electron chi connectivity index (χ1n) is 3.39. The van der Waals surface area contributed by atoms with Crippen molar-refractivity contribution in [3.8, 4) is 5.19 Å². The van der Waals surface area contributed by atoms with E-state index >= 15 is 0 Å². The Bertz CT molecular complexity index is 234. The highest BCUT2D eigenvalue weighted by Gasteiger charge is 1.94. The van der Waals surface area contributed by atoms with Crippen LogP contribution in [0.4, 0.5) is 0 Å². The Morgan fingerprint density at radius 1 is 2.25 bits per heavy atom. The van der Waals surface area contributed by atoms with E-state index < -0.39 is 7.06 Å². The van der Waals surface area contributed by atoms with E-state index in [1.807, 2.05) is 0 Å². The normalized spacial score (nSPS) is 15.0. The van der Waals surface area contributed by atoms with Crippen LogP contribution in [0.2, 0.25) is 0 Å². The number of rotatable bonds is 1. The van der Waals surface area contributed by atoms with Gasteiger partial charge in [-0.15, -0.1) is 0 Å². The maximum Gasteiger partial charge on any atom is 0.273 e. The van der Waals surface area contributed by atoms with Crippen LogP contribution < -0.4 is 4.74 Å². The van der Waals surface area contributed by atoms with Gasteiger partial charge in [0.15, 0.2) is 0 Å². The van der Waals surface area contributed by atoms with Crippen molar-refractivity contribution in [2.45, 2.75) is 0 Å². The molecule has 1 aromatic heterocycles. The molecule has 0 aromatic carbocycles. The van der Waals surface area contributed by atoms with Crippen molar-refractivity contribution >= 4 is 27.3 Å². The van der Waals surface area contributed by atoms with E-state index in [0.717, 1.165) is 11.3 Å². The van der Waals surface area contributed by atoms with E-state index in [0.29, 0.717) is 4.60 Å². The zero-order valence-electron chi connectivity index (χ0n) is 6.72. The van der Waals surface area contributed by atoms with Crippen LogP contribution in [0.5, 0.6) is 5.19 Å². The molecule has 0 aliphatic rings. The molecule has 0 N–H and O–H groups in total. The number of hydrogen-bond acceptors (Lipinski definition) is 3. The lowest BCUT2D eigenvalue weighted by Crippen LogP contribution is -1.77. The fraction of sp³-hybridized carbons (Fsp3) is 0.250. The minimum absolute atomic E-state index is 0.178.